The summed E-state index contributed by atoms with van der Waals surface area (Å²) in [4.78, 5) is 57.8. The highest BCUT2D eigenvalue weighted by atomic mass is 16.7. The van der Waals surface area contributed by atoms with E-state index >= 15 is 0 Å². The van der Waals surface area contributed by atoms with Crippen LogP contribution in [0.5, 0.6) is 0 Å². The Labute approximate surface area is 339 Å². The number of hydrogen-bond acceptors (Lipinski definition) is 12. The van der Waals surface area contributed by atoms with Crippen molar-refractivity contribution in [3.63, 3.8) is 0 Å². The van der Waals surface area contributed by atoms with Crippen LogP contribution in [0, 0.1) is 29.6 Å². The van der Waals surface area contributed by atoms with Crippen LogP contribution in [0.2, 0.25) is 0 Å². The zero-order valence-electron chi connectivity index (χ0n) is 35.4. The molecule has 0 aromatic carbocycles. The molecule has 3 aliphatic heterocycles. The van der Waals surface area contributed by atoms with Gasteiger partial charge in [0.05, 0.1) is 30.5 Å². The fourth-order valence-electron chi connectivity index (χ4n) is 9.42. The molecule has 3 heterocycles. The molecule has 4 aliphatic rings. The third-order valence-corrected chi connectivity index (χ3v) is 12.9. The molecular formula is C44H69NO12. The van der Waals surface area contributed by atoms with Gasteiger partial charge in [0.1, 0.15) is 24.0 Å². The number of carbonyl (C=O) groups is 4. The Morgan fingerprint density at radius 3 is 2.25 bits per heavy atom. The Balaban J connectivity index is 1.78. The van der Waals surface area contributed by atoms with Crippen molar-refractivity contribution in [1.29, 1.82) is 0 Å². The van der Waals surface area contributed by atoms with Gasteiger partial charge in [-0.3, -0.25) is 14.4 Å². The number of piperidine rings is 1. The van der Waals surface area contributed by atoms with Crippen molar-refractivity contribution in [3.8, 4) is 0 Å². The van der Waals surface area contributed by atoms with Crippen LogP contribution in [0.25, 0.3) is 0 Å². The molecular weight excluding hydrogens is 734 g/mol. The molecule has 13 heteroatoms. The number of carbonyl (C=O) groups excluding carboxylic acids is 4. The second-order valence-electron chi connectivity index (χ2n) is 17.3. The van der Waals surface area contributed by atoms with Gasteiger partial charge in [0.15, 0.2) is 0 Å². The summed E-state index contributed by atoms with van der Waals surface area (Å²) >= 11 is 0. The summed E-state index contributed by atoms with van der Waals surface area (Å²) in [6.07, 6.45) is 4.93. The number of fused-ring (bicyclic) bond motifs is 3. The lowest BCUT2D eigenvalue weighted by atomic mass is 9.81. The van der Waals surface area contributed by atoms with Gasteiger partial charge in [0, 0.05) is 52.0 Å². The molecule has 322 valence electrons. The first-order valence-electron chi connectivity index (χ1n) is 20.9. The second kappa shape index (κ2) is 21.0. The minimum Gasteiger partial charge on any atom is -0.456 e. The molecule has 3 fully saturated rings. The maximum absolute atomic E-state index is 14.3. The van der Waals surface area contributed by atoms with Crippen molar-refractivity contribution in [1.82, 2.24) is 4.90 Å². The smallest absolute Gasteiger partial charge is 0.329 e. The number of esters is 1. The van der Waals surface area contributed by atoms with Gasteiger partial charge in [-0.15, -0.1) is 6.58 Å². The van der Waals surface area contributed by atoms with Crippen LogP contribution in [0.4, 0.5) is 0 Å². The zero-order chi connectivity index (χ0) is 42.2. The van der Waals surface area contributed by atoms with Crippen LogP contribution in [-0.4, -0.2) is 126 Å². The third-order valence-electron chi connectivity index (χ3n) is 12.9. The number of aliphatic hydroxyl groups is 3. The van der Waals surface area contributed by atoms with E-state index in [0.717, 1.165) is 5.57 Å². The van der Waals surface area contributed by atoms with E-state index in [1.54, 1.807) is 27.0 Å². The molecule has 0 spiro atoms. The van der Waals surface area contributed by atoms with E-state index in [1.807, 2.05) is 32.9 Å². The highest BCUT2D eigenvalue weighted by molar-refractivity contribution is 6.39. The minimum absolute atomic E-state index is 0.00988. The molecule has 13 nitrogen and oxygen atoms in total. The number of ether oxygens (including phenoxy) is 5. The predicted molar refractivity (Wildman–Crippen MR) is 213 cm³/mol. The van der Waals surface area contributed by atoms with Gasteiger partial charge >= 0.3 is 5.97 Å². The molecule has 9 unspecified atom stereocenters. The standard InChI is InChI=1S/C44H69NO12/c1-10-13-31-19-25(2)18-26(3)20-37(54-8)40-38(55-9)22-28(5)44(52,57-40)41(49)42(50)45-17-12-11-14-32(45)43(51)56-39(29(6)34(47)24-35(31)48)27(4)21-30-15-16-33(46)36(23-30)53-7/h10,19,21,26,28-34,36-40,46-47,52H,1,11-18,20,22-24H2,2-9H3/b25-19+,27-21+/t26-,28+,29+,30?,31+,32-,33?,34?,36?,37?,38?,39?,40?,44?/m0/s1. The second-order valence-corrected chi connectivity index (χ2v) is 17.3. The van der Waals surface area contributed by atoms with E-state index in [-0.39, 0.29) is 49.5 Å². The average molecular weight is 804 g/mol. The lowest BCUT2D eigenvalue weighted by Gasteiger charge is -2.47. The fraction of sp³-hybridized carbons (Fsp3) is 0.773. The van der Waals surface area contributed by atoms with Gasteiger partial charge in [0.2, 0.25) is 5.79 Å². The van der Waals surface area contributed by atoms with E-state index in [1.165, 1.54) is 19.1 Å². The lowest BCUT2D eigenvalue weighted by Crippen LogP contribution is -2.64. The summed E-state index contributed by atoms with van der Waals surface area (Å²) in [6, 6.07) is -1.14. The van der Waals surface area contributed by atoms with E-state index < -0.39 is 83.9 Å². The maximum atomic E-state index is 14.3. The van der Waals surface area contributed by atoms with Gasteiger partial charge in [-0.25, -0.2) is 4.79 Å². The minimum atomic E-state index is -2.51. The first kappa shape index (κ1) is 46.9. The summed E-state index contributed by atoms with van der Waals surface area (Å²) in [5.74, 6) is -7.76. The van der Waals surface area contributed by atoms with Crippen LogP contribution in [-0.2, 0) is 42.9 Å². The van der Waals surface area contributed by atoms with Gasteiger partial charge in [-0.05, 0) is 95.5 Å². The zero-order valence-corrected chi connectivity index (χ0v) is 35.4. The Morgan fingerprint density at radius 1 is 0.930 bits per heavy atom. The number of rotatable bonds is 7. The molecule has 4 rings (SSSR count). The van der Waals surface area contributed by atoms with Crippen molar-refractivity contribution in [2.45, 2.75) is 160 Å². The lowest BCUT2D eigenvalue weighted by molar-refractivity contribution is -0.302. The van der Waals surface area contributed by atoms with Crippen molar-refractivity contribution in [2.24, 2.45) is 29.6 Å². The number of methoxy groups -OCH3 is 3. The number of amides is 1. The topological polar surface area (TPSA) is 178 Å². The Kier molecular flexibility index (Phi) is 17.2. The summed E-state index contributed by atoms with van der Waals surface area (Å²) in [6.45, 7) is 13.1. The van der Waals surface area contributed by atoms with Crippen LogP contribution in [0.3, 0.4) is 0 Å². The van der Waals surface area contributed by atoms with Gasteiger partial charge in [0.25, 0.3) is 11.7 Å². The molecule has 0 radical (unpaired) electrons. The Hall–Kier alpha value is -2.78. The molecule has 2 saturated heterocycles. The Morgan fingerprint density at radius 2 is 1.60 bits per heavy atom. The maximum Gasteiger partial charge on any atom is 0.329 e. The van der Waals surface area contributed by atoms with Crippen LogP contribution >= 0.6 is 0 Å². The largest absolute Gasteiger partial charge is 0.456 e. The number of nitrogens with zero attached hydrogens (tertiary/aromatic N) is 1. The van der Waals surface area contributed by atoms with E-state index in [0.29, 0.717) is 56.9 Å². The summed E-state index contributed by atoms with van der Waals surface area (Å²) in [7, 11) is 4.61. The number of cyclic esters (lactones) is 1. The Bertz CT molecular complexity index is 1480. The molecule has 2 bridgehead atoms. The molecule has 1 amide bonds. The van der Waals surface area contributed by atoms with Gasteiger partial charge in [-0.2, -0.15) is 0 Å². The van der Waals surface area contributed by atoms with Crippen molar-refractivity contribution in [2.75, 3.05) is 27.9 Å². The molecule has 1 aliphatic carbocycles. The number of allylic oxidation sites excluding steroid dienone is 4. The van der Waals surface area contributed by atoms with Crippen molar-refractivity contribution in [3.05, 3.63) is 36.0 Å². The number of Topliss-reactive ketones (excluding diaryl/α,β-unsaturated/α-hetero) is 2. The summed E-state index contributed by atoms with van der Waals surface area (Å²) < 4.78 is 29.7. The first-order valence-corrected chi connectivity index (χ1v) is 20.9. The SMILES string of the molecule is C=CC[C@@H]1/C=C(\C)C[C@H](C)CC(OC)C2OC(O)(C(=O)C(=O)N3CCCC[C@H]3C(=O)OC(/C(C)=C/C3CCC(O)C(OC)C3)[C@H](C)C(O)CC1=O)[C@H](C)CC2OC. The highest BCUT2D eigenvalue weighted by Gasteiger charge is 2.56. The van der Waals surface area contributed by atoms with E-state index in [2.05, 4.69) is 6.58 Å². The molecule has 14 atom stereocenters. The van der Waals surface area contributed by atoms with E-state index in [4.69, 9.17) is 23.7 Å². The summed E-state index contributed by atoms with van der Waals surface area (Å²) in [5, 5.41) is 34.1. The molecule has 0 aromatic heterocycles. The van der Waals surface area contributed by atoms with Gasteiger partial charge in [-0.1, -0.05) is 44.6 Å². The van der Waals surface area contributed by atoms with Crippen molar-refractivity contribution < 1.29 is 58.2 Å². The normalized spacial score (nSPS) is 41.0. The monoisotopic (exact) mass is 803 g/mol. The average Bonchev–Trinajstić information content (AvgIpc) is 3.18. The fourth-order valence-corrected chi connectivity index (χ4v) is 9.42. The predicted octanol–water partition coefficient (Wildman–Crippen LogP) is 4.64. The van der Waals surface area contributed by atoms with Crippen LogP contribution in [0.15, 0.2) is 36.0 Å². The van der Waals surface area contributed by atoms with Crippen molar-refractivity contribution >= 4 is 23.4 Å². The van der Waals surface area contributed by atoms with E-state index in [9.17, 15) is 34.5 Å². The highest BCUT2D eigenvalue weighted by Crippen LogP contribution is 2.39. The molecule has 57 heavy (non-hydrogen) atoms. The number of aliphatic hydroxyl groups excluding tert-OH is 2. The number of ketones is 2. The molecule has 3 N–H and O–H groups in total. The van der Waals surface area contributed by atoms with Crippen LogP contribution in [0.1, 0.15) is 105 Å². The summed E-state index contributed by atoms with van der Waals surface area (Å²) in [5.41, 5.74) is 1.61. The first-order chi connectivity index (χ1) is 27.0. The van der Waals surface area contributed by atoms with Gasteiger partial charge < -0.3 is 43.9 Å². The van der Waals surface area contributed by atoms with Crippen LogP contribution < -0.4 is 0 Å². The molecule has 1 saturated carbocycles. The quantitative estimate of drug-likeness (QED) is 0.185. The molecule has 0 aromatic rings. The third kappa shape index (κ3) is 11.3. The number of hydrogen-bond donors (Lipinski definition) is 3.